The SMILES string of the molecule is CCC[Si](CCC)(CCC)OCCC(C)C. The van der Waals surface area contributed by atoms with Crippen molar-refractivity contribution in [3.63, 3.8) is 0 Å². The molecule has 0 bridgehead atoms. The number of rotatable bonds is 10. The summed E-state index contributed by atoms with van der Waals surface area (Å²) in [5.41, 5.74) is 0. The largest absolute Gasteiger partial charge is 0.417 e. The minimum Gasteiger partial charge on any atom is -0.417 e. The van der Waals surface area contributed by atoms with Gasteiger partial charge < -0.3 is 4.43 Å². The van der Waals surface area contributed by atoms with Crippen molar-refractivity contribution >= 4 is 8.32 Å². The topological polar surface area (TPSA) is 9.23 Å². The van der Waals surface area contributed by atoms with Crippen LogP contribution in [0.2, 0.25) is 18.1 Å². The van der Waals surface area contributed by atoms with Gasteiger partial charge in [-0.15, -0.1) is 0 Å². The van der Waals surface area contributed by atoms with Gasteiger partial charge in [-0.1, -0.05) is 53.9 Å². The van der Waals surface area contributed by atoms with E-state index < -0.39 is 8.32 Å². The molecular weight excluding hydrogens is 212 g/mol. The van der Waals surface area contributed by atoms with Crippen LogP contribution in [0.1, 0.15) is 60.3 Å². The number of hydrogen-bond donors (Lipinski definition) is 0. The summed E-state index contributed by atoms with van der Waals surface area (Å²) in [5, 5.41) is 0. The second-order valence-electron chi connectivity index (χ2n) is 5.46. The van der Waals surface area contributed by atoms with E-state index in [1.165, 1.54) is 43.8 Å². The van der Waals surface area contributed by atoms with E-state index in [1.807, 2.05) is 0 Å². The lowest BCUT2D eigenvalue weighted by molar-refractivity contribution is 0.270. The lowest BCUT2D eigenvalue weighted by Gasteiger charge is -2.31. The van der Waals surface area contributed by atoms with Crippen LogP contribution in [0.5, 0.6) is 0 Å². The fourth-order valence-electron chi connectivity index (χ4n) is 2.47. The van der Waals surface area contributed by atoms with Crippen molar-refractivity contribution in [3.05, 3.63) is 0 Å². The predicted molar refractivity (Wildman–Crippen MR) is 76.5 cm³/mol. The molecule has 16 heavy (non-hydrogen) atoms. The van der Waals surface area contributed by atoms with Crippen LogP contribution in [0, 0.1) is 5.92 Å². The van der Waals surface area contributed by atoms with Crippen molar-refractivity contribution < 1.29 is 4.43 Å². The minimum atomic E-state index is -1.36. The molecule has 98 valence electrons. The third kappa shape index (κ3) is 6.69. The molecule has 2 heteroatoms. The number of hydrogen-bond acceptors (Lipinski definition) is 1. The van der Waals surface area contributed by atoms with Crippen molar-refractivity contribution in [1.82, 2.24) is 0 Å². The fourth-order valence-corrected chi connectivity index (χ4v) is 6.94. The van der Waals surface area contributed by atoms with E-state index in [1.54, 1.807) is 0 Å². The summed E-state index contributed by atoms with van der Waals surface area (Å²) in [5.74, 6) is 0.775. The second kappa shape index (κ2) is 9.23. The molecule has 0 aliphatic heterocycles. The predicted octanol–water partition coefficient (Wildman–Crippen LogP) is 5.22. The van der Waals surface area contributed by atoms with Crippen molar-refractivity contribution in [2.24, 2.45) is 5.92 Å². The molecule has 0 aromatic heterocycles. The lowest BCUT2D eigenvalue weighted by atomic mass is 10.2. The van der Waals surface area contributed by atoms with Crippen LogP contribution in [0.3, 0.4) is 0 Å². The Bertz CT molecular complexity index is 140. The monoisotopic (exact) mass is 244 g/mol. The molecule has 0 unspecified atom stereocenters. The zero-order chi connectivity index (χ0) is 12.4. The fraction of sp³-hybridized carbons (Fsp3) is 1.00. The lowest BCUT2D eigenvalue weighted by Crippen LogP contribution is -2.38. The molecule has 0 aliphatic carbocycles. The molecule has 0 saturated carbocycles. The Labute approximate surface area is 104 Å². The van der Waals surface area contributed by atoms with Crippen molar-refractivity contribution in [3.8, 4) is 0 Å². The van der Waals surface area contributed by atoms with Gasteiger partial charge in [-0.25, -0.2) is 0 Å². The van der Waals surface area contributed by atoms with Gasteiger partial charge in [0.1, 0.15) is 0 Å². The standard InChI is InChI=1S/C14H32OSi/c1-6-11-16(12-7-2,13-8-3)15-10-9-14(4)5/h14H,6-13H2,1-5H3. The van der Waals surface area contributed by atoms with Crippen LogP contribution in [0.15, 0.2) is 0 Å². The van der Waals surface area contributed by atoms with E-state index in [0.717, 1.165) is 12.5 Å². The molecule has 0 saturated heterocycles. The molecular formula is C14H32OSi. The van der Waals surface area contributed by atoms with E-state index in [-0.39, 0.29) is 0 Å². The van der Waals surface area contributed by atoms with Gasteiger partial charge in [0, 0.05) is 6.61 Å². The quantitative estimate of drug-likeness (QED) is 0.478. The maximum absolute atomic E-state index is 6.40. The first kappa shape index (κ1) is 16.2. The van der Waals surface area contributed by atoms with Crippen molar-refractivity contribution in [1.29, 1.82) is 0 Å². The summed E-state index contributed by atoms with van der Waals surface area (Å²) in [4.78, 5) is 0. The van der Waals surface area contributed by atoms with Crippen LogP contribution in [-0.2, 0) is 4.43 Å². The van der Waals surface area contributed by atoms with Crippen LogP contribution < -0.4 is 0 Å². The van der Waals surface area contributed by atoms with Crippen LogP contribution in [-0.4, -0.2) is 14.9 Å². The van der Waals surface area contributed by atoms with Crippen LogP contribution in [0.4, 0.5) is 0 Å². The van der Waals surface area contributed by atoms with Gasteiger partial charge in [-0.2, -0.15) is 0 Å². The van der Waals surface area contributed by atoms with Crippen LogP contribution in [0.25, 0.3) is 0 Å². The maximum atomic E-state index is 6.40. The molecule has 0 fully saturated rings. The molecule has 0 aromatic carbocycles. The average Bonchev–Trinajstić information content (AvgIpc) is 2.18. The molecule has 0 radical (unpaired) electrons. The van der Waals surface area contributed by atoms with Gasteiger partial charge in [0.25, 0.3) is 0 Å². The Balaban J connectivity index is 4.23. The van der Waals surface area contributed by atoms with Gasteiger partial charge in [0.15, 0.2) is 8.32 Å². The van der Waals surface area contributed by atoms with Gasteiger partial charge in [-0.05, 0) is 30.5 Å². The van der Waals surface area contributed by atoms with E-state index >= 15 is 0 Å². The Morgan fingerprint density at radius 1 is 0.875 bits per heavy atom. The van der Waals surface area contributed by atoms with Gasteiger partial charge in [0.05, 0.1) is 0 Å². The highest BCUT2D eigenvalue weighted by Gasteiger charge is 2.31. The molecule has 0 amide bonds. The first-order valence-corrected chi connectivity index (χ1v) is 9.77. The van der Waals surface area contributed by atoms with E-state index in [4.69, 9.17) is 4.43 Å². The van der Waals surface area contributed by atoms with Crippen molar-refractivity contribution in [2.75, 3.05) is 6.61 Å². The first-order valence-electron chi connectivity index (χ1n) is 7.24. The Morgan fingerprint density at radius 3 is 1.62 bits per heavy atom. The summed E-state index contributed by atoms with van der Waals surface area (Å²) < 4.78 is 6.40. The highest BCUT2D eigenvalue weighted by atomic mass is 28.4. The molecule has 0 atom stereocenters. The smallest absolute Gasteiger partial charge is 0.192 e. The molecule has 0 aliphatic rings. The summed E-state index contributed by atoms with van der Waals surface area (Å²) >= 11 is 0. The van der Waals surface area contributed by atoms with Gasteiger partial charge in [-0.3, -0.25) is 0 Å². The summed E-state index contributed by atoms with van der Waals surface area (Å²) in [6, 6.07) is 4.10. The van der Waals surface area contributed by atoms with E-state index in [0.29, 0.717) is 0 Å². The third-order valence-electron chi connectivity index (χ3n) is 3.22. The van der Waals surface area contributed by atoms with Gasteiger partial charge >= 0.3 is 0 Å². The highest BCUT2D eigenvalue weighted by molar-refractivity contribution is 6.73. The first-order chi connectivity index (χ1) is 7.60. The van der Waals surface area contributed by atoms with Crippen LogP contribution >= 0.6 is 0 Å². The minimum absolute atomic E-state index is 0.775. The Hall–Kier alpha value is 0.177. The molecule has 0 aromatic rings. The summed E-state index contributed by atoms with van der Waals surface area (Å²) in [6.45, 7) is 12.5. The van der Waals surface area contributed by atoms with E-state index in [2.05, 4.69) is 34.6 Å². The highest BCUT2D eigenvalue weighted by Crippen LogP contribution is 2.27. The van der Waals surface area contributed by atoms with Gasteiger partial charge in [0.2, 0.25) is 0 Å². The zero-order valence-electron chi connectivity index (χ0n) is 12.1. The second-order valence-corrected chi connectivity index (χ2v) is 9.62. The van der Waals surface area contributed by atoms with Crippen molar-refractivity contribution in [2.45, 2.75) is 78.4 Å². The normalized spacial score (nSPS) is 12.4. The molecule has 1 nitrogen and oxygen atoms in total. The Kier molecular flexibility index (Phi) is 9.33. The third-order valence-corrected chi connectivity index (χ3v) is 8.27. The molecule has 0 spiro atoms. The average molecular weight is 244 g/mol. The molecule has 0 rings (SSSR count). The van der Waals surface area contributed by atoms with E-state index in [9.17, 15) is 0 Å². The summed E-state index contributed by atoms with van der Waals surface area (Å²) in [6.07, 6.45) is 5.13. The Morgan fingerprint density at radius 2 is 1.31 bits per heavy atom. The molecule has 0 N–H and O–H groups in total. The zero-order valence-corrected chi connectivity index (χ0v) is 13.1. The maximum Gasteiger partial charge on any atom is 0.192 e. The summed E-state index contributed by atoms with van der Waals surface area (Å²) in [7, 11) is -1.36. The molecule has 0 heterocycles.